The maximum absolute atomic E-state index is 12.8. The number of ether oxygens (including phenoxy) is 1. The van der Waals surface area contributed by atoms with Gasteiger partial charge in [0, 0.05) is 13.1 Å². The lowest BCUT2D eigenvalue weighted by Crippen LogP contribution is -2.24. The minimum absolute atomic E-state index is 0.427. The van der Waals surface area contributed by atoms with Gasteiger partial charge in [-0.2, -0.15) is 0 Å². The zero-order chi connectivity index (χ0) is 13.7. The topological polar surface area (TPSA) is 38.2 Å². The predicted molar refractivity (Wildman–Crippen MR) is 71.7 cm³/mol. The number of rotatable bonds is 5. The first-order chi connectivity index (χ1) is 9.22. The standard InChI is InChI=1S/C14H16FN3O/c1-3-18(14-16-8-12(15)9-17-14)10-11-4-6-13(19-2)7-5-11/h4-9H,3,10H2,1-2H3. The van der Waals surface area contributed by atoms with Crippen molar-refractivity contribution in [3.8, 4) is 5.75 Å². The van der Waals surface area contributed by atoms with Gasteiger partial charge >= 0.3 is 0 Å². The molecule has 0 unspecified atom stereocenters. The molecule has 0 aliphatic rings. The zero-order valence-electron chi connectivity index (χ0n) is 11.0. The smallest absolute Gasteiger partial charge is 0.225 e. The van der Waals surface area contributed by atoms with Crippen LogP contribution in [0.25, 0.3) is 0 Å². The Bertz CT molecular complexity index is 513. The van der Waals surface area contributed by atoms with E-state index in [1.165, 1.54) is 12.4 Å². The van der Waals surface area contributed by atoms with E-state index in [-0.39, 0.29) is 0 Å². The highest BCUT2D eigenvalue weighted by Gasteiger charge is 2.08. The molecular weight excluding hydrogens is 245 g/mol. The third-order valence-electron chi connectivity index (χ3n) is 2.80. The van der Waals surface area contributed by atoms with Crippen LogP contribution in [-0.2, 0) is 6.54 Å². The Morgan fingerprint density at radius 1 is 1.16 bits per heavy atom. The van der Waals surface area contributed by atoms with Crippen LogP contribution >= 0.6 is 0 Å². The minimum atomic E-state index is -0.427. The molecule has 0 aliphatic carbocycles. The van der Waals surface area contributed by atoms with Crippen molar-refractivity contribution in [2.75, 3.05) is 18.6 Å². The lowest BCUT2D eigenvalue weighted by Gasteiger charge is -2.20. The quantitative estimate of drug-likeness (QED) is 0.829. The first-order valence-electron chi connectivity index (χ1n) is 6.08. The molecule has 1 heterocycles. The van der Waals surface area contributed by atoms with Gasteiger partial charge in [-0.05, 0) is 24.6 Å². The third kappa shape index (κ3) is 3.40. The second-order valence-electron chi connectivity index (χ2n) is 4.06. The molecule has 19 heavy (non-hydrogen) atoms. The molecule has 0 bridgehead atoms. The summed E-state index contributed by atoms with van der Waals surface area (Å²) in [7, 11) is 1.64. The fourth-order valence-electron chi connectivity index (χ4n) is 1.74. The molecule has 0 aliphatic heterocycles. The number of hydrogen-bond donors (Lipinski definition) is 0. The molecule has 1 aromatic heterocycles. The normalized spacial score (nSPS) is 10.3. The van der Waals surface area contributed by atoms with Crippen molar-refractivity contribution in [1.82, 2.24) is 9.97 Å². The van der Waals surface area contributed by atoms with Crippen molar-refractivity contribution in [2.45, 2.75) is 13.5 Å². The van der Waals surface area contributed by atoms with Crippen LogP contribution < -0.4 is 9.64 Å². The summed E-state index contributed by atoms with van der Waals surface area (Å²) in [5.74, 6) is 0.925. The molecule has 0 radical (unpaired) electrons. The fourth-order valence-corrected chi connectivity index (χ4v) is 1.74. The summed E-state index contributed by atoms with van der Waals surface area (Å²) in [6, 6.07) is 7.80. The van der Waals surface area contributed by atoms with Crippen LogP contribution in [0.3, 0.4) is 0 Å². The van der Waals surface area contributed by atoms with Crippen molar-refractivity contribution in [1.29, 1.82) is 0 Å². The van der Waals surface area contributed by atoms with E-state index < -0.39 is 5.82 Å². The summed E-state index contributed by atoms with van der Waals surface area (Å²) < 4.78 is 17.9. The number of anilines is 1. The molecule has 100 valence electrons. The Kier molecular flexibility index (Phi) is 4.28. The molecule has 0 saturated heterocycles. The molecular formula is C14H16FN3O. The molecule has 2 rings (SSSR count). The van der Waals surface area contributed by atoms with Gasteiger partial charge in [0.15, 0.2) is 5.82 Å². The van der Waals surface area contributed by atoms with Gasteiger partial charge < -0.3 is 9.64 Å². The summed E-state index contributed by atoms with van der Waals surface area (Å²) in [6.07, 6.45) is 2.36. The Morgan fingerprint density at radius 3 is 2.32 bits per heavy atom. The van der Waals surface area contributed by atoms with E-state index in [0.717, 1.165) is 17.9 Å². The Morgan fingerprint density at radius 2 is 1.79 bits per heavy atom. The molecule has 0 spiro atoms. The maximum Gasteiger partial charge on any atom is 0.225 e. The first-order valence-corrected chi connectivity index (χ1v) is 6.08. The Balaban J connectivity index is 2.11. The van der Waals surface area contributed by atoms with Crippen LogP contribution in [0.5, 0.6) is 5.75 Å². The summed E-state index contributed by atoms with van der Waals surface area (Å²) in [5.41, 5.74) is 1.12. The maximum atomic E-state index is 12.8. The van der Waals surface area contributed by atoms with Crippen molar-refractivity contribution in [3.05, 3.63) is 48.0 Å². The van der Waals surface area contributed by atoms with Crippen LogP contribution in [0, 0.1) is 5.82 Å². The number of benzene rings is 1. The van der Waals surface area contributed by atoms with Crippen LogP contribution in [0.2, 0.25) is 0 Å². The van der Waals surface area contributed by atoms with Gasteiger partial charge in [-0.1, -0.05) is 12.1 Å². The summed E-state index contributed by atoms with van der Waals surface area (Å²) in [5, 5.41) is 0. The molecule has 0 atom stereocenters. The predicted octanol–water partition coefficient (Wildman–Crippen LogP) is 2.65. The Hall–Kier alpha value is -2.17. The third-order valence-corrected chi connectivity index (χ3v) is 2.80. The van der Waals surface area contributed by atoms with Gasteiger partial charge in [-0.15, -0.1) is 0 Å². The van der Waals surface area contributed by atoms with E-state index in [2.05, 4.69) is 9.97 Å². The monoisotopic (exact) mass is 261 g/mol. The average Bonchev–Trinajstić information content (AvgIpc) is 2.46. The van der Waals surface area contributed by atoms with Gasteiger partial charge in [-0.25, -0.2) is 14.4 Å². The number of hydrogen-bond acceptors (Lipinski definition) is 4. The second-order valence-corrected chi connectivity index (χ2v) is 4.06. The van der Waals surface area contributed by atoms with Crippen molar-refractivity contribution in [3.63, 3.8) is 0 Å². The molecule has 1 aromatic carbocycles. The highest BCUT2D eigenvalue weighted by Crippen LogP contribution is 2.15. The van der Waals surface area contributed by atoms with E-state index in [1.54, 1.807) is 7.11 Å². The second kappa shape index (κ2) is 6.13. The lowest BCUT2D eigenvalue weighted by atomic mass is 10.2. The van der Waals surface area contributed by atoms with Gasteiger partial charge in [0.2, 0.25) is 5.95 Å². The average molecular weight is 261 g/mol. The van der Waals surface area contributed by atoms with Crippen molar-refractivity contribution < 1.29 is 9.13 Å². The highest BCUT2D eigenvalue weighted by atomic mass is 19.1. The molecule has 0 saturated carbocycles. The van der Waals surface area contributed by atoms with Crippen molar-refractivity contribution in [2.24, 2.45) is 0 Å². The van der Waals surface area contributed by atoms with E-state index in [0.29, 0.717) is 12.5 Å². The number of nitrogens with zero attached hydrogens (tertiary/aromatic N) is 3. The summed E-state index contributed by atoms with van der Waals surface area (Å²) in [6.45, 7) is 3.43. The molecule has 5 heteroatoms. The van der Waals surface area contributed by atoms with E-state index in [4.69, 9.17) is 4.74 Å². The van der Waals surface area contributed by atoms with Crippen LogP contribution in [-0.4, -0.2) is 23.6 Å². The molecule has 0 fully saturated rings. The highest BCUT2D eigenvalue weighted by molar-refractivity contribution is 5.33. The molecule has 4 nitrogen and oxygen atoms in total. The number of halogens is 1. The number of methoxy groups -OCH3 is 1. The SMILES string of the molecule is CCN(Cc1ccc(OC)cc1)c1ncc(F)cn1. The van der Waals surface area contributed by atoms with Crippen LogP contribution in [0.4, 0.5) is 10.3 Å². The lowest BCUT2D eigenvalue weighted by molar-refractivity contribution is 0.414. The minimum Gasteiger partial charge on any atom is -0.497 e. The molecule has 2 aromatic rings. The van der Waals surface area contributed by atoms with E-state index >= 15 is 0 Å². The Labute approximate surface area is 111 Å². The summed E-state index contributed by atoms with van der Waals surface area (Å²) >= 11 is 0. The van der Waals surface area contributed by atoms with Gasteiger partial charge in [0.05, 0.1) is 19.5 Å². The summed E-state index contributed by atoms with van der Waals surface area (Å²) in [4.78, 5) is 9.96. The molecule has 0 amide bonds. The van der Waals surface area contributed by atoms with Gasteiger partial charge in [0.1, 0.15) is 5.75 Å². The molecule has 0 N–H and O–H groups in total. The zero-order valence-corrected chi connectivity index (χ0v) is 11.0. The van der Waals surface area contributed by atoms with Gasteiger partial charge in [-0.3, -0.25) is 0 Å². The van der Waals surface area contributed by atoms with Gasteiger partial charge in [0.25, 0.3) is 0 Å². The van der Waals surface area contributed by atoms with E-state index in [1.807, 2.05) is 36.1 Å². The number of aromatic nitrogens is 2. The fraction of sp³-hybridized carbons (Fsp3) is 0.286. The van der Waals surface area contributed by atoms with Crippen LogP contribution in [0.1, 0.15) is 12.5 Å². The largest absolute Gasteiger partial charge is 0.497 e. The van der Waals surface area contributed by atoms with Crippen molar-refractivity contribution >= 4 is 5.95 Å². The van der Waals surface area contributed by atoms with E-state index in [9.17, 15) is 4.39 Å². The van der Waals surface area contributed by atoms with Crippen LogP contribution in [0.15, 0.2) is 36.7 Å². The first kappa shape index (κ1) is 13.3.